The highest BCUT2D eigenvalue weighted by molar-refractivity contribution is 5.91. The van der Waals surface area contributed by atoms with Gasteiger partial charge in [0.15, 0.2) is 0 Å². The SMILES string of the molecule is CCOC(=O)N1c2ccc(C(F)(F)F)cc2C(c2ncc(-c3nn[nH]n3)c(Cc3cc(C(F)(F)F)cc(C(F)(F)F)c3)n2)C(N)C1CC. The van der Waals surface area contributed by atoms with Crippen LogP contribution < -0.4 is 10.6 Å². The second-order valence-corrected chi connectivity index (χ2v) is 10.8. The molecule has 0 saturated heterocycles. The molecule has 1 amide bonds. The number of fused-ring (bicyclic) bond motifs is 1. The minimum Gasteiger partial charge on any atom is -0.449 e. The van der Waals surface area contributed by atoms with Crippen molar-refractivity contribution in [1.82, 2.24) is 30.6 Å². The van der Waals surface area contributed by atoms with Crippen LogP contribution in [0.2, 0.25) is 0 Å². The van der Waals surface area contributed by atoms with Crippen LogP contribution in [0.25, 0.3) is 11.4 Å². The van der Waals surface area contributed by atoms with Crippen LogP contribution in [0.4, 0.5) is 50.0 Å². The number of anilines is 1. The molecule has 19 heteroatoms. The molecule has 0 spiro atoms. The molecule has 0 aliphatic carbocycles. The van der Waals surface area contributed by atoms with E-state index >= 15 is 0 Å². The average Bonchev–Trinajstić information content (AvgIpc) is 3.54. The normalized spacial score (nSPS) is 18.5. The van der Waals surface area contributed by atoms with Crippen LogP contribution in [0.3, 0.4) is 0 Å². The summed E-state index contributed by atoms with van der Waals surface area (Å²) < 4.78 is 129. The van der Waals surface area contributed by atoms with E-state index in [2.05, 4.69) is 30.6 Å². The number of aromatic nitrogens is 6. The lowest BCUT2D eigenvalue weighted by molar-refractivity contribution is -0.143. The van der Waals surface area contributed by atoms with Gasteiger partial charge in [-0.15, -0.1) is 10.2 Å². The molecule has 1 aliphatic heterocycles. The van der Waals surface area contributed by atoms with E-state index in [-0.39, 0.29) is 53.3 Å². The first-order valence-corrected chi connectivity index (χ1v) is 14.2. The van der Waals surface area contributed by atoms with Gasteiger partial charge in [0, 0.05) is 18.7 Å². The van der Waals surface area contributed by atoms with E-state index in [1.165, 1.54) is 0 Å². The van der Waals surface area contributed by atoms with Gasteiger partial charge in [-0.05, 0) is 66.1 Å². The summed E-state index contributed by atoms with van der Waals surface area (Å²) in [6, 6.07) is 1.69. The van der Waals surface area contributed by atoms with Crippen LogP contribution in [-0.4, -0.2) is 55.4 Å². The quantitative estimate of drug-likeness (QED) is 0.219. The molecule has 0 fully saturated rings. The molecule has 48 heavy (non-hydrogen) atoms. The van der Waals surface area contributed by atoms with E-state index in [0.717, 1.165) is 29.3 Å². The lowest BCUT2D eigenvalue weighted by atomic mass is 9.79. The van der Waals surface area contributed by atoms with E-state index in [4.69, 9.17) is 10.5 Å². The number of nitrogens with one attached hydrogen (secondary N) is 1. The highest BCUT2D eigenvalue weighted by Gasteiger charge is 2.45. The van der Waals surface area contributed by atoms with Gasteiger partial charge < -0.3 is 10.5 Å². The Labute approximate surface area is 265 Å². The van der Waals surface area contributed by atoms with Gasteiger partial charge in [0.2, 0.25) is 5.82 Å². The third kappa shape index (κ3) is 6.76. The number of benzene rings is 2. The number of nitrogens with zero attached hydrogens (tertiary/aromatic N) is 6. The Balaban J connectivity index is 1.72. The monoisotopic (exact) mass is 688 g/mol. The minimum atomic E-state index is -5.13. The van der Waals surface area contributed by atoms with Gasteiger partial charge in [-0.25, -0.2) is 14.8 Å². The molecule has 256 valence electrons. The number of carbonyl (C=O) groups is 1. The number of nitrogens with two attached hydrogens (primary N) is 1. The standard InChI is InChI=1S/C29H25F9N8O2/c1-3-20-23(39)22(17-11-14(27(30,31)32)5-6-21(17)46(20)26(47)48-4-2)25-40-12-18(24-42-44-45-43-24)19(41-25)9-13-7-15(28(33,34)35)10-16(8-13)29(36,37)38/h5-8,10-12,20,22-23H,3-4,9,39H2,1-2H3,(H,42,43,44,45). The molecule has 5 rings (SSSR count). The second-order valence-electron chi connectivity index (χ2n) is 10.8. The van der Waals surface area contributed by atoms with Crippen molar-refractivity contribution < 1.29 is 49.0 Å². The molecule has 3 atom stereocenters. The maximum atomic E-state index is 13.9. The molecule has 0 saturated carbocycles. The fraction of sp³-hybridized carbons (Fsp3) is 0.379. The van der Waals surface area contributed by atoms with Crippen LogP contribution >= 0.6 is 0 Å². The van der Waals surface area contributed by atoms with E-state index < -0.39 is 71.3 Å². The van der Waals surface area contributed by atoms with Crippen molar-refractivity contribution in [3.63, 3.8) is 0 Å². The molecule has 4 aromatic rings. The Morgan fingerprint density at radius 2 is 1.58 bits per heavy atom. The summed E-state index contributed by atoms with van der Waals surface area (Å²) in [6.45, 7) is 3.18. The summed E-state index contributed by atoms with van der Waals surface area (Å²) >= 11 is 0. The number of halogens is 9. The number of carbonyl (C=O) groups excluding carboxylic acids is 1. The number of tetrazole rings is 1. The number of aromatic amines is 1. The van der Waals surface area contributed by atoms with E-state index in [9.17, 15) is 44.3 Å². The average molecular weight is 689 g/mol. The topological polar surface area (TPSA) is 136 Å². The van der Waals surface area contributed by atoms with E-state index in [1.54, 1.807) is 13.8 Å². The Kier molecular flexibility index (Phi) is 9.11. The zero-order valence-electron chi connectivity index (χ0n) is 24.9. The first kappa shape index (κ1) is 34.5. The van der Waals surface area contributed by atoms with Crippen molar-refractivity contribution in [3.05, 3.63) is 81.9 Å². The first-order valence-electron chi connectivity index (χ1n) is 14.2. The molecule has 2 aromatic carbocycles. The number of hydrogen-bond acceptors (Lipinski definition) is 8. The predicted octanol–water partition coefficient (Wildman–Crippen LogP) is 6.52. The molecule has 0 radical (unpaired) electrons. The summed E-state index contributed by atoms with van der Waals surface area (Å²) in [7, 11) is 0. The maximum absolute atomic E-state index is 13.9. The third-order valence-corrected chi connectivity index (χ3v) is 7.76. The van der Waals surface area contributed by atoms with Crippen LogP contribution in [0.1, 0.15) is 65.5 Å². The molecular formula is C29H25F9N8O2. The van der Waals surface area contributed by atoms with Crippen molar-refractivity contribution in [2.45, 2.75) is 63.2 Å². The lowest BCUT2D eigenvalue weighted by Gasteiger charge is -2.43. The number of rotatable bonds is 6. The molecule has 1 aliphatic rings. The van der Waals surface area contributed by atoms with Crippen LogP contribution in [0.15, 0.2) is 42.6 Å². The third-order valence-electron chi connectivity index (χ3n) is 7.76. The number of amides is 1. The Morgan fingerprint density at radius 1 is 0.938 bits per heavy atom. The molecule has 2 aromatic heterocycles. The number of hydrogen-bond donors (Lipinski definition) is 2. The van der Waals surface area contributed by atoms with Crippen molar-refractivity contribution in [1.29, 1.82) is 0 Å². The van der Waals surface area contributed by atoms with Gasteiger partial charge in [0.25, 0.3) is 0 Å². The summed E-state index contributed by atoms with van der Waals surface area (Å²) in [5.41, 5.74) is 1.71. The smallest absolute Gasteiger partial charge is 0.416 e. The van der Waals surface area contributed by atoms with Gasteiger partial charge in [-0.3, -0.25) is 4.90 Å². The second kappa shape index (κ2) is 12.7. The van der Waals surface area contributed by atoms with E-state index in [1.807, 2.05) is 0 Å². The lowest BCUT2D eigenvalue weighted by Crippen LogP contribution is -2.57. The summed E-state index contributed by atoms with van der Waals surface area (Å²) in [5.74, 6) is -1.61. The predicted molar refractivity (Wildman–Crippen MR) is 149 cm³/mol. The number of ether oxygens (including phenoxy) is 1. The number of H-pyrrole nitrogens is 1. The van der Waals surface area contributed by atoms with Crippen molar-refractivity contribution in [2.24, 2.45) is 5.73 Å². The summed E-state index contributed by atoms with van der Waals surface area (Å²) in [5, 5.41) is 13.2. The molecule has 10 nitrogen and oxygen atoms in total. The van der Waals surface area contributed by atoms with Crippen molar-refractivity contribution in [2.75, 3.05) is 11.5 Å². The van der Waals surface area contributed by atoms with Gasteiger partial charge in [-0.2, -0.15) is 44.7 Å². The van der Waals surface area contributed by atoms with Crippen molar-refractivity contribution in [3.8, 4) is 11.4 Å². The highest BCUT2D eigenvalue weighted by atomic mass is 19.4. The molecule has 0 bridgehead atoms. The van der Waals surface area contributed by atoms with Crippen molar-refractivity contribution >= 4 is 11.8 Å². The Morgan fingerprint density at radius 3 is 2.12 bits per heavy atom. The molecule has 3 heterocycles. The molecule has 3 unspecified atom stereocenters. The zero-order chi connectivity index (χ0) is 35.2. The fourth-order valence-electron chi connectivity index (χ4n) is 5.67. The van der Waals surface area contributed by atoms with Gasteiger partial charge in [-0.1, -0.05) is 6.92 Å². The van der Waals surface area contributed by atoms with Crippen LogP contribution in [-0.2, 0) is 29.7 Å². The van der Waals surface area contributed by atoms with Crippen LogP contribution in [0, 0.1) is 0 Å². The highest BCUT2D eigenvalue weighted by Crippen LogP contribution is 2.45. The van der Waals surface area contributed by atoms with Crippen LogP contribution in [0.5, 0.6) is 0 Å². The Hall–Kier alpha value is -4.81. The molecule has 3 N–H and O–H groups in total. The van der Waals surface area contributed by atoms with Gasteiger partial charge >= 0.3 is 24.6 Å². The summed E-state index contributed by atoms with van der Waals surface area (Å²) in [6.07, 6.45) is -15.2. The zero-order valence-corrected chi connectivity index (χ0v) is 24.9. The van der Waals surface area contributed by atoms with Gasteiger partial charge in [0.1, 0.15) is 5.82 Å². The number of alkyl halides is 9. The maximum Gasteiger partial charge on any atom is 0.416 e. The largest absolute Gasteiger partial charge is 0.449 e. The first-order chi connectivity index (χ1) is 22.4. The molecular weight excluding hydrogens is 663 g/mol. The Bertz CT molecular complexity index is 1760. The van der Waals surface area contributed by atoms with Gasteiger partial charge in [0.05, 0.1) is 52.2 Å². The fourth-order valence-corrected chi connectivity index (χ4v) is 5.67. The van der Waals surface area contributed by atoms with E-state index in [0.29, 0.717) is 12.1 Å². The minimum absolute atomic E-state index is 0.0224. The summed E-state index contributed by atoms with van der Waals surface area (Å²) in [4.78, 5) is 22.9.